The van der Waals surface area contributed by atoms with Crippen LogP contribution in [0.5, 0.6) is 0 Å². The third-order valence-corrected chi connectivity index (χ3v) is 5.95. The molecule has 0 aliphatic carbocycles. The number of halogens is 2. The maximum absolute atomic E-state index is 14.2. The molecule has 1 aromatic carbocycles. The van der Waals surface area contributed by atoms with Crippen molar-refractivity contribution < 1.29 is 13.6 Å². The fraction of sp³-hybridized carbons (Fsp3) is 0.304. The van der Waals surface area contributed by atoms with Crippen molar-refractivity contribution >= 4 is 17.5 Å². The van der Waals surface area contributed by atoms with E-state index in [9.17, 15) is 18.4 Å². The van der Waals surface area contributed by atoms with Gasteiger partial charge in [0.05, 0.1) is 5.69 Å². The lowest BCUT2D eigenvalue weighted by atomic mass is 9.96. The molecule has 1 unspecified atom stereocenters. The third-order valence-electron chi connectivity index (χ3n) is 5.95. The van der Waals surface area contributed by atoms with Gasteiger partial charge in [0.1, 0.15) is 11.9 Å². The molecule has 0 bridgehead atoms. The summed E-state index contributed by atoms with van der Waals surface area (Å²) in [5.74, 6) is -2.56. The molecule has 0 radical (unpaired) electrons. The molecule has 0 saturated carbocycles. The van der Waals surface area contributed by atoms with Crippen LogP contribution in [0.4, 0.5) is 20.4 Å². The molecular formula is C23H24F2N6O2. The second-order valence-corrected chi connectivity index (χ2v) is 8.24. The Morgan fingerprint density at radius 3 is 2.76 bits per heavy atom. The average molecular weight is 454 g/mol. The van der Waals surface area contributed by atoms with Gasteiger partial charge in [-0.2, -0.15) is 0 Å². The quantitative estimate of drug-likeness (QED) is 0.525. The number of aromatic nitrogens is 3. The molecular weight excluding hydrogens is 430 g/mol. The number of carbonyl (C=O) groups excluding carboxylic acids is 1. The van der Waals surface area contributed by atoms with Gasteiger partial charge in [0.15, 0.2) is 17.5 Å². The van der Waals surface area contributed by atoms with E-state index in [1.54, 1.807) is 19.2 Å². The average Bonchev–Trinajstić information content (AvgIpc) is 3.22. The number of rotatable bonds is 6. The van der Waals surface area contributed by atoms with Crippen molar-refractivity contribution in [1.82, 2.24) is 14.5 Å². The van der Waals surface area contributed by atoms with Crippen molar-refractivity contribution in [3.63, 3.8) is 0 Å². The molecule has 1 aliphatic rings. The lowest BCUT2D eigenvalue weighted by Gasteiger charge is -2.20. The summed E-state index contributed by atoms with van der Waals surface area (Å²) in [6, 6.07) is 5.27. The number of fused-ring (bicyclic) bond motifs is 1. The molecule has 1 amide bonds. The zero-order valence-electron chi connectivity index (χ0n) is 18.2. The molecule has 4 rings (SSSR count). The minimum Gasteiger partial charge on any atom is -0.384 e. The van der Waals surface area contributed by atoms with Crippen LogP contribution >= 0.6 is 0 Å². The maximum Gasteiger partial charge on any atom is 0.294 e. The number of primary amides is 1. The molecule has 5 N–H and O–H groups in total. The van der Waals surface area contributed by atoms with Gasteiger partial charge in [-0.3, -0.25) is 14.2 Å². The zero-order chi connectivity index (χ0) is 23.9. The SMILES string of the molecule is Cc1cc(F)c(F)c(CNc2nc([C@H](C)c3ccc(N)nc3)c3n(c2=O)C(C(N)=O)CC3)c1. The van der Waals surface area contributed by atoms with Crippen molar-refractivity contribution in [3.05, 3.63) is 80.5 Å². The van der Waals surface area contributed by atoms with Crippen LogP contribution in [0.3, 0.4) is 0 Å². The van der Waals surface area contributed by atoms with Crippen LogP contribution in [-0.4, -0.2) is 20.4 Å². The molecule has 3 heterocycles. The van der Waals surface area contributed by atoms with Gasteiger partial charge in [-0.05, 0) is 43.0 Å². The number of carbonyl (C=O) groups is 1. The van der Waals surface area contributed by atoms with Crippen LogP contribution in [-0.2, 0) is 17.8 Å². The van der Waals surface area contributed by atoms with Gasteiger partial charge < -0.3 is 16.8 Å². The molecule has 3 aromatic rings. The minimum absolute atomic E-state index is 0.0583. The number of nitrogen functional groups attached to an aromatic ring is 1. The van der Waals surface area contributed by atoms with Crippen LogP contribution < -0.4 is 22.3 Å². The van der Waals surface area contributed by atoms with Crippen LogP contribution in [0.15, 0.2) is 35.3 Å². The number of nitrogens with zero attached hydrogens (tertiary/aromatic N) is 3. The van der Waals surface area contributed by atoms with E-state index in [4.69, 9.17) is 11.5 Å². The Hall–Kier alpha value is -3.82. The highest BCUT2D eigenvalue weighted by Crippen LogP contribution is 2.32. The molecule has 0 spiro atoms. The maximum atomic E-state index is 14.2. The Bertz CT molecular complexity index is 1290. The first kappa shape index (κ1) is 22.4. The summed E-state index contributed by atoms with van der Waals surface area (Å²) in [5.41, 5.74) is 13.3. The van der Waals surface area contributed by atoms with Crippen molar-refractivity contribution in [2.24, 2.45) is 5.73 Å². The Balaban J connectivity index is 1.78. The van der Waals surface area contributed by atoms with E-state index in [-0.39, 0.29) is 23.8 Å². The lowest BCUT2D eigenvalue weighted by Crippen LogP contribution is -2.34. The highest BCUT2D eigenvalue weighted by Gasteiger charge is 2.33. The lowest BCUT2D eigenvalue weighted by molar-refractivity contribution is -0.121. The Kier molecular flexibility index (Phi) is 5.84. The number of hydrogen-bond acceptors (Lipinski definition) is 6. The van der Waals surface area contributed by atoms with Crippen LogP contribution in [0, 0.1) is 18.6 Å². The number of anilines is 2. The topological polar surface area (TPSA) is 129 Å². The van der Waals surface area contributed by atoms with E-state index in [0.29, 0.717) is 35.6 Å². The summed E-state index contributed by atoms with van der Waals surface area (Å²) < 4.78 is 29.4. The predicted octanol–water partition coefficient (Wildman–Crippen LogP) is 2.54. The Labute approximate surface area is 188 Å². The predicted molar refractivity (Wildman–Crippen MR) is 120 cm³/mol. The number of aryl methyl sites for hydroxylation is 1. The normalized spacial score (nSPS) is 15.8. The van der Waals surface area contributed by atoms with Crippen molar-refractivity contribution in [2.75, 3.05) is 11.1 Å². The van der Waals surface area contributed by atoms with E-state index in [1.165, 1.54) is 10.6 Å². The Morgan fingerprint density at radius 2 is 2.09 bits per heavy atom. The molecule has 172 valence electrons. The largest absolute Gasteiger partial charge is 0.384 e. The number of pyridine rings is 1. The fourth-order valence-electron chi connectivity index (χ4n) is 4.24. The van der Waals surface area contributed by atoms with Gasteiger partial charge >= 0.3 is 0 Å². The van der Waals surface area contributed by atoms with Crippen molar-refractivity contribution in [2.45, 2.75) is 45.2 Å². The summed E-state index contributed by atoms with van der Waals surface area (Å²) in [5, 5.41) is 2.83. The highest BCUT2D eigenvalue weighted by atomic mass is 19.2. The molecule has 0 saturated heterocycles. The molecule has 10 heteroatoms. The monoisotopic (exact) mass is 454 g/mol. The first-order chi connectivity index (χ1) is 15.7. The molecule has 0 fully saturated rings. The fourth-order valence-corrected chi connectivity index (χ4v) is 4.24. The number of benzene rings is 1. The van der Waals surface area contributed by atoms with Crippen LogP contribution in [0.2, 0.25) is 0 Å². The second kappa shape index (κ2) is 8.61. The van der Waals surface area contributed by atoms with Gasteiger partial charge in [0, 0.05) is 29.9 Å². The molecule has 33 heavy (non-hydrogen) atoms. The van der Waals surface area contributed by atoms with Gasteiger partial charge in [-0.25, -0.2) is 18.7 Å². The molecule has 2 atom stereocenters. The van der Waals surface area contributed by atoms with Crippen LogP contribution in [0.1, 0.15) is 53.4 Å². The van der Waals surface area contributed by atoms with E-state index in [2.05, 4.69) is 15.3 Å². The number of nitrogens with two attached hydrogens (primary N) is 2. The van der Waals surface area contributed by atoms with Gasteiger partial charge in [0.2, 0.25) is 5.91 Å². The smallest absolute Gasteiger partial charge is 0.294 e. The van der Waals surface area contributed by atoms with Gasteiger partial charge in [0.25, 0.3) is 5.56 Å². The number of amides is 1. The zero-order valence-corrected chi connectivity index (χ0v) is 18.2. The minimum atomic E-state index is -0.995. The first-order valence-electron chi connectivity index (χ1n) is 10.5. The standard InChI is InChI=1S/C23H24F2N6O2/c1-11-7-14(19(25)15(24)8-11)10-29-22-23(33)31-16(4-5-17(31)21(27)32)20(30-22)12(2)13-3-6-18(26)28-9-13/h3,6-9,12,17H,4-5,10H2,1-2H3,(H2,26,28)(H2,27,32)(H,29,30)/t12-,17?/m1/s1. The summed E-state index contributed by atoms with van der Waals surface area (Å²) in [4.78, 5) is 33.9. The number of nitrogens with one attached hydrogen (secondary N) is 1. The van der Waals surface area contributed by atoms with E-state index >= 15 is 0 Å². The number of hydrogen-bond donors (Lipinski definition) is 3. The molecule has 2 aromatic heterocycles. The van der Waals surface area contributed by atoms with E-state index in [1.807, 2.05) is 13.0 Å². The van der Waals surface area contributed by atoms with Crippen molar-refractivity contribution in [3.8, 4) is 0 Å². The van der Waals surface area contributed by atoms with E-state index in [0.717, 1.165) is 11.6 Å². The van der Waals surface area contributed by atoms with Gasteiger partial charge in [-0.1, -0.05) is 19.1 Å². The second-order valence-electron chi connectivity index (χ2n) is 8.24. The summed E-state index contributed by atoms with van der Waals surface area (Å²) in [6.07, 6.45) is 2.46. The summed E-state index contributed by atoms with van der Waals surface area (Å²) >= 11 is 0. The summed E-state index contributed by atoms with van der Waals surface area (Å²) in [6.45, 7) is 3.38. The highest BCUT2D eigenvalue weighted by molar-refractivity contribution is 5.79. The molecule has 8 nitrogen and oxygen atoms in total. The molecule has 1 aliphatic heterocycles. The van der Waals surface area contributed by atoms with E-state index < -0.39 is 29.1 Å². The van der Waals surface area contributed by atoms with Gasteiger partial charge in [-0.15, -0.1) is 0 Å². The first-order valence-corrected chi connectivity index (χ1v) is 10.5. The van der Waals surface area contributed by atoms with Crippen LogP contribution in [0.25, 0.3) is 0 Å². The summed E-state index contributed by atoms with van der Waals surface area (Å²) in [7, 11) is 0. The third kappa shape index (κ3) is 4.15. The van der Waals surface area contributed by atoms with Crippen molar-refractivity contribution in [1.29, 1.82) is 0 Å². The Morgan fingerprint density at radius 1 is 1.33 bits per heavy atom.